The van der Waals surface area contributed by atoms with Crippen LogP contribution in [-0.2, 0) is 5.41 Å². The van der Waals surface area contributed by atoms with Gasteiger partial charge in [0.2, 0.25) is 0 Å². The lowest BCUT2D eigenvalue weighted by molar-refractivity contribution is 0.660. The van der Waals surface area contributed by atoms with Crippen molar-refractivity contribution >= 4 is 21.6 Å². The summed E-state index contributed by atoms with van der Waals surface area (Å²) < 4.78 is 0.720. The number of benzene rings is 3. The van der Waals surface area contributed by atoms with E-state index in [0.717, 1.165) is 15.6 Å². The van der Waals surface area contributed by atoms with Crippen LogP contribution >= 0.6 is 15.9 Å². The van der Waals surface area contributed by atoms with Gasteiger partial charge in [-0.05, 0) is 72.7 Å². The number of rotatable bonds is 2. The second-order valence-electron chi connectivity index (χ2n) is 6.69. The molecule has 24 heavy (non-hydrogen) atoms. The highest BCUT2D eigenvalue weighted by Gasteiger charge is 2.35. The highest BCUT2D eigenvalue weighted by molar-refractivity contribution is 9.10. The molecule has 0 fully saturated rings. The molecule has 0 radical (unpaired) electrons. The number of nitrogens with zero attached hydrogens (tertiary/aromatic N) is 1. The molecule has 0 aliphatic heterocycles. The zero-order valence-corrected chi connectivity index (χ0v) is 15.1. The van der Waals surface area contributed by atoms with Gasteiger partial charge in [0.15, 0.2) is 0 Å². The predicted octanol–water partition coefficient (Wildman–Crippen LogP) is 6.82. The second kappa shape index (κ2) is 5.38. The van der Waals surface area contributed by atoms with E-state index in [4.69, 9.17) is 0 Å². The van der Waals surface area contributed by atoms with Gasteiger partial charge in [0.25, 0.3) is 0 Å². The van der Waals surface area contributed by atoms with E-state index in [0.29, 0.717) is 5.69 Å². The number of fused-ring (bicyclic) bond motifs is 3. The monoisotopic (exact) mass is 377 g/mol. The van der Waals surface area contributed by atoms with Gasteiger partial charge in [-0.1, -0.05) is 56.3 Å². The van der Waals surface area contributed by atoms with Crippen LogP contribution in [0.3, 0.4) is 0 Å². The third kappa shape index (κ3) is 2.15. The summed E-state index contributed by atoms with van der Waals surface area (Å²) in [5, 5.41) is 3.02. The fourth-order valence-corrected chi connectivity index (χ4v) is 4.10. The third-order valence-corrected chi connectivity index (χ3v) is 5.60. The maximum absolute atomic E-state index is 10.8. The highest BCUT2D eigenvalue weighted by atomic mass is 79.9. The van der Waals surface area contributed by atoms with Gasteiger partial charge >= 0.3 is 0 Å². The molecule has 0 heterocycles. The summed E-state index contributed by atoms with van der Waals surface area (Å²) in [5.74, 6) is 0. The first-order valence-electron chi connectivity index (χ1n) is 7.90. The summed E-state index contributed by atoms with van der Waals surface area (Å²) in [6.07, 6.45) is 0. The van der Waals surface area contributed by atoms with Crippen LogP contribution in [0.25, 0.3) is 22.3 Å². The summed E-state index contributed by atoms with van der Waals surface area (Å²) in [6, 6.07) is 20.9. The predicted molar refractivity (Wildman–Crippen MR) is 103 cm³/mol. The molecule has 3 heteroatoms. The van der Waals surface area contributed by atoms with Crippen molar-refractivity contribution < 1.29 is 0 Å². The maximum Gasteiger partial charge on any atom is 0.122 e. The van der Waals surface area contributed by atoms with Crippen molar-refractivity contribution in [2.24, 2.45) is 5.18 Å². The Bertz CT molecular complexity index is 975. The average molecular weight is 378 g/mol. The van der Waals surface area contributed by atoms with Gasteiger partial charge in [-0.3, -0.25) is 0 Å². The molecule has 0 bridgehead atoms. The largest absolute Gasteiger partial charge is 0.145 e. The minimum Gasteiger partial charge on any atom is -0.145 e. The van der Waals surface area contributed by atoms with Crippen LogP contribution in [-0.4, -0.2) is 0 Å². The van der Waals surface area contributed by atoms with Crippen molar-refractivity contribution in [1.82, 2.24) is 0 Å². The molecule has 0 saturated heterocycles. The van der Waals surface area contributed by atoms with Crippen molar-refractivity contribution in [3.63, 3.8) is 0 Å². The molecule has 0 aromatic heterocycles. The van der Waals surface area contributed by atoms with E-state index in [-0.39, 0.29) is 5.41 Å². The second-order valence-corrected chi connectivity index (χ2v) is 7.54. The Hall–Kier alpha value is -2.26. The smallest absolute Gasteiger partial charge is 0.122 e. The molecular weight excluding hydrogens is 362 g/mol. The lowest BCUT2D eigenvalue weighted by Gasteiger charge is -2.22. The molecule has 0 amide bonds. The van der Waals surface area contributed by atoms with Crippen molar-refractivity contribution in [3.05, 3.63) is 81.2 Å². The first-order chi connectivity index (χ1) is 11.5. The summed E-state index contributed by atoms with van der Waals surface area (Å²) in [7, 11) is 0. The molecule has 0 spiro atoms. The van der Waals surface area contributed by atoms with Gasteiger partial charge < -0.3 is 0 Å². The average Bonchev–Trinajstić information content (AvgIpc) is 2.83. The molecule has 1 aliphatic carbocycles. The molecule has 4 rings (SSSR count). The van der Waals surface area contributed by atoms with E-state index >= 15 is 0 Å². The summed E-state index contributed by atoms with van der Waals surface area (Å²) in [6.45, 7) is 4.55. The Morgan fingerprint density at radius 1 is 0.833 bits per heavy atom. The number of hydrogen-bond acceptors (Lipinski definition) is 2. The molecule has 1 aliphatic rings. The van der Waals surface area contributed by atoms with Crippen molar-refractivity contribution in [2.75, 3.05) is 0 Å². The molecule has 0 N–H and O–H groups in total. The van der Waals surface area contributed by atoms with Gasteiger partial charge in [-0.15, -0.1) is 4.91 Å². The maximum atomic E-state index is 10.8. The van der Waals surface area contributed by atoms with E-state index in [9.17, 15) is 4.91 Å². The lowest BCUT2D eigenvalue weighted by atomic mass is 9.81. The zero-order valence-electron chi connectivity index (χ0n) is 13.5. The first-order valence-corrected chi connectivity index (χ1v) is 8.69. The number of nitroso groups, excluding NO2 is 1. The minimum atomic E-state index is -0.0105. The number of halogens is 1. The van der Waals surface area contributed by atoms with Gasteiger partial charge in [0.05, 0.1) is 0 Å². The molecule has 0 atom stereocenters. The minimum absolute atomic E-state index is 0.0105. The molecule has 3 aromatic carbocycles. The third-order valence-electron chi connectivity index (χ3n) is 4.96. The Balaban J connectivity index is 1.88. The fourth-order valence-electron chi connectivity index (χ4n) is 3.64. The van der Waals surface area contributed by atoms with Crippen LogP contribution < -0.4 is 0 Å². The van der Waals surface area contributed by atoms with Crippen molar-refractivity contribution in [2.45, 2.75) is 19.3 Å². The Morgan fingerprint density at radius 3 is 2.25 bits per heavy atom. The van der Waals surface area contributed by atoms with E-state index < -0.39 is 0 Å². The van der Waals surface area contributed by atoms with Crippen LogP contribution in [0.15, 0.2) is 70.3 Å². The Kier molecular flexibility index (Phi) is 3.43. The van der Waals surface area contributed by atoms with Gasteiger partial charge in [0.1, 0.15) is 5.69 Å². The highest BCUT2D eigenvalue weighted by Crippen LogP contribution is 2.49. The molecule has 118 valence electrons. The normalized spacial score (nSPS) is 14.1. The standard InChI is InChI=1S/C21H16BrNO/c1-21(2)17-6-4-3-5-15(17)16-9-7-13(11-18(16)21)14-8-10-20(23-24)19(22)12-14/h3-12H,1-2H3. The van der Waals surface area contributed by atoms with Crippen LogP contribution in [0.2, 0.25) is 0 Å². The van der Waals surface area contributed by atoms with E-state index in [1.165, 1.54) is 22.3 Å². The van der Waals surface area contributed by atoms with Crippen LogP contribution in [0.1, 0.15) is 25.0 Å². The molecule has 2 nitrogen and oxygen atoms in total. The first kappa shape index (κ1) is 15.3. The lowest BCUT2D eigenvalue weighted by Crippen LogP contribution is -2.14. The summed E-state index contributed by atoms with van der Waals surface area (Å²) >= 11 is 3.42. The molecule has 0 saturated carbocycles. The Morgan fingerprint density at radius 2 is 1.50 bits per heavy atom. The van der Waals surface area contributed by atoms with Crippen LogP contribution in [0.5, 0.6) is 0 Å². The fraction of sp³-hybridized carbons (Fsp3) is 0.143. The van der Waals surface area contributed by atoms with E-state index in [1.807, 2.05) is 12.1 Å². The SMILES string of the molecule is CC1(C)c2ccccc2-c2ccc(-c3ccc(N=O)c(Br)c3)cc21. The van der Waals surface area contributed by atoms with Gasteiger partial charge in [-0.2, -0.15) is 0 Å². The summed E-state index contributed by atoms with van der Waals surface area (Å²) in [4.78, 5) is 10.8. The molecule has 0 unspecified atom stereocenters. The Labute approximate surface area is 149 Å². The van der Waals surface area contributed by atoms with Crippen molar-refractivity contribution in [3.8, 4) is 22.3 Å². The van der Waals surface area contributed by atoms with Crippen LogP contribution in [0, 0.1) is 4.91 Å². The van der Waals surface area contributed by atoms with Gasteiger partial charge in [-0.25, -0.2) is 0 Å². The molecular formula is C21H16BrNO. The van der Waals surface area contributed by atoms with Crippen LogP contribution in [0.4, 0.5) is 5.69 Å². The van der Waals surface area contributed by atoms with Gasteiger partial charge in [0, 0.05) is 9.89 Å². The van der Waals surface area contributed by atoms with Crippen molar-refractivity contribution in [1.29, 1.82) is 0 Å². The molecule has 3 aromatic rings. The van der Waals surface area contributed by atoms with E-state index in [1.54, 1.807) is 6.07 Å². The summed E-state index contributed by atoms with van der Waals surface area (Å²) in [5.41, 5.74) is 7.98. The van der Waals surface area contributed by atoms with E-state index in [2.05, 4.69) is 77.4 Å². The zero-order chi connectivity index (χ0) is 16.9. The number of hydrogen-bond donors (Lipinski definition) is 0. The quantitative estimate of drug-likeness (QED) is 0.450. The topological polar surface area (TPSA) is 29.4 Å².